The molecule has 1 aliphatic heterocycles. The van der Waals surface area contributed by atoms with Gasteiger partial charge in [0.15, 0.2) is 0 Å². The fourth-order valence-corrected chi connectivity index (χ4v) is 2.19. The lowest BCUT2D eigenvalue weighted by molar-refractivity contribution is -0.129. The Morgan fingerprint density at radius 1 is 1.35 bits per heavy atom. The fraction of sp³-hybridized carbons (Fsp3) is 0.923. The van der Waals surface area contributed by atoms with Gasteiger partial charge in [-0.2, -0.15) is 0 Å². The van der Waals surface area contributed by atoms with Crippen molar-refractivity contribution >= 4 is 5.91 Å². The molecule has 0 bridgehead atoms. The van der Waals surface area contributed by atoms with Crippen molar-refractivity contribution in [2.75, 3.05) is 40.3 Å². The van der Waals surface area contributed by atoms with Crippen LogP contribution in [0.2, 0.25) is 0 Å². The molecule has 4 heteroatoms. The van der Waals surface area contributed by atoms with E-state index in [1.165, 1.54) is 19.3 Å². The zero-order valence-electron chi connectivity index (χ0n) is 11.5. The summed E-state index contributed by atoms with van der Waals surface area (Å²) in [4.78, 5) is 15.5. The van der Waals surface area contributed by atoms with Crippen molar-refractivity contribution in [3.05, 3.63) is 0 Å². The van der Waals surface area contributed by atoms with Crippen LogP contribution < -0.4 is 5.32 Å². The number of hydrogen-bond donors (Lipinski definition) is 1. The third-order valence-electron chi connectivity index (χ3n) is 3.51. The summed E-state index contributed by atoms with van der Waals surface area (Å²) < 4.78 is 0. The molecule has 0 aromatic rings. The number of likely N-dealkylation sites (N-methyl/N-ethyl adjacent to an activating group) is 2. The van der Waals surface area contributed by atoms with Gasteiger partial charge in [-0.3, -0.25) is 9.69 Å². The number of rotatable bonds is 6. The first-order valence-electron chi connectivity index (χ1n) is 6.79. The zero-order chi connectivity index (χ0) is 12.7. The van der Waals surface area contributed by atoms with E-state index < -0.39 is 0 Å². The predicted molar refractivity (Wildman–Crippen MR) is 71.1 cm³/mol. The SMILES string of the molecule is CCN(CCC1CCCCN1)CC(=O)N(C)C. The second-order valence-electron chi connectivity index (χ2n) is 5.09. The largest absolute Gasteiger partial charge is 0.348 e. The Balaban J connectivity index is 2.23. The van der Waals surface area contributed by atoms with Gasteiger partial charge < -0.3 is 10.2 Å². The molecule has 0 aromatic carbocycles. The highest BCUT2D eigenvalue weighted by molar-refractivity contribution is 5.77. The Morgan fingerprint density at radius 2 is 2.12 bits per heavy atom. The second-order valence-corrected chi connectivity index (χ2v) is 5.09. The van der Waals surface area contributed by atoms with E-state index in [2.05, 4.69) is 17.1 Å². The van der Waals surface area contributed by atoms with Gasteiger partial charge in [-0.25, -0.2) is 0 Å². The molecule has 17 heavy (non-hydrogen) atoms. The summed E-state index contributed by atoms with van der Waals surface area (Å²) in [5.41, 5.74) is 0. The molecule has 1 atom stereocenters. The van der Waals surface area contributed by atoms with Gasteiger partial charge in [0.1, 0.15) is 0 Å². The van der Waals surface area contributed by atoms with Gasteiger partial charge in [-0.05, 0) is 32.4 Å². The van der Waals surface area contributed by atoms with E-state index in [-0.39, 0.29) is 5.91 Å². The molecular weight excluding hydrogens is 214 g/mol. The minimum absolute atomic E-state index is 0.198. The number of carbonyl (C=O) groups is 1. The topological polar surface area (TPSA) is 35.6 Å². The molecule has 0 saturated carbocycles. The van der Waals surface area contributed by atoms with Crippen molar-refractivity contribution in [2.24, 2.45) is 0 Å². The second kappa shape index (κ2) is 7.67. The predicted octanol–water partition coefficient (Wildman–Crippen LogP) is 0.929. The van der Waals surface area contributed by atoms with Crippen LogP contribution in [0.15, 0.2) is 0 Å². The lowest BCUT2D eigenvalue weighted by Crippen LogP contribution is -2.40. The van der Waals surface area contributed by atoms with E-state index in [1.54, 1.807) is 4.90 Å². The Hall–Kier alpha value is -0.610. The molecule has 0 aliphatic carbocycles. The Morgan fingerprint density at radius 3 is 2.65 bits per heavy atom. The van der Waals surface area contributed by atoms with Gasteiger partial charge >= 0.3 is 0 Å². The molecule has 1 N–H and O–H groups in total. The molecule has 1 fully saturated rings. The molecule has 0 aromatic heterocycles. The molecule has 0 spiro atoms. The third kappa shape index (κ3) is 5.50. The van der Waals surface area contributed by atoms with Crippen molar-refractivity contribution in [3.63, 3.8) is 0 Å². The molecule has 1 amide bonds. The number of hydrogen-bond acceptors (Lipinski definition) is 3. The Bertz CT molecular complexity index is 225. The lowest BCUT2D eigenvalue weighted by Gasteiger charge is -2.27. The molecule has 0 radical (unpaired) electrons. The van der Waals surface area contributed by atoms with Crippen LogP contribution in [0.5, 0.6) is 0 Å². The van der Waals surface area contributed by atoms with E-state index in [1.807, 2.05) is 14.1 Å². The van der Waals surface area contributed by atoms with Gasteiger partial charge in [-0.15, -0.1) is 0 Å². The maximum absolute atomic E-state index is 11.6. The van der Waals surface area contributed by atoms with Crippen LogP contribution in [0.25, 0.3) is 0 Å². The number of piperidine rings is 1. The Kier molecular flexibility index (Phi) is 6.52. The van der Waals surface area contributed by atoms with Crippen LogP contribution in [-0.2, 0) is 4.79 Å². The van der Waals surface area contributed by atoms with Crippen LogP contribution in [0, 0.1) is 0 Å². The normalized spacial score (nSPS) is 20.6. The van der Waals surface area contributed by atoms with Gasteiger partial charge in [0.25, 0.3) is 0 Å². The standard InChI is InChI=1S/C13H27N3O/c1-4-16(11-13(17)15(2)3)10-8-12-7-5-6-9-14-12/h12,14H,4-11H2,1-3H3. The monoisotopic (exact) mass is 241 g/mol. The highest BCUT2D eigenvalue weighted by atomic mass is 16.2. The van der Waals surface area contributed by atoms with Crippen LogP contribution in [-0.4, -0.2) is 62.0 Å². The summed E-state index contributed by atoms with van der Waals surface area (Å²) in [7, 11) is 3.64. The summed E-state index contributed by atoms with van der Waals surface area (Å²) in [5, 5.41) is 3.55. The minimum Gasteiger partial charge on any atom is -0.348 e. The van der Waals surface area contributed by atoms with Crippen molar-refractivity contribution < 1.29 is 4.79 Å². The van der Waals surface area contributed by atoms with E-state index in [9.17, 15) is 4.79 Å². The van der Waals surface area contributed by atoms with Gasteiger partial charge in [0.05, 0.1) is 6.54 Å². The summed E-state index contributed by atoms with van der Waals surface area (Å²) in [6.45, 7) is 5.81. The maximum Gasteiger partial charge on any atom is 0.236 e. The van der Waals surface area contributed by atoms with E-state index >= 15 is 0 Å². The fourth-order valence-electron chi connectivity index (χ4n) is 2.19. The highest BCUT2D eigenvalue weighted by Gasteiger charge is 2.15. The zero-order valence-corrected chi connectivity index (χ0v) is 11.5. The molecule has 100 valence electrons. The summed E-state index contributed by atoms with van der Waals surface area (Å²) >= 11 is 0. The van der Waals surface area contributed by atoms with Crippen molar-refractivity contribution in [1.82, 2.24) is 15.1 Å². The van der Waals surface area contributed by atoms with Crippen molar-refractivity contribution in [3.8, 4) is 0 Å². The van der Waals surface area contributed by atoms with E-state index in [0.29, 0.717) is 12.6 Å². The summed E-state index contributed by atoms with van der Waals surface area (Å²) in [6, 6.07) is 0.659. The number of carbonyl (C=O) groups excluding carboxylic acids is 1. The number of amides is 1. The molecular formula is C13H27N3O. The maximum atomic E-state index is 11.6. The summed E-state index contributed by atoms with van der Waals surface area (Å²) in [6.07, 6.45) is 5.11. The highest BCUT2D eigenvalue weighted by Crippen LogP contribution is 2.10. The number of nitrogens with zero attached hydrogens (tertiary/aromatic N) is 2. The van der Waals surface area contributed by atoms with E-state index in [4.69, 9.17) is 0 Å². The molecule has 1 rings (SSSR count). The van der Waals surface area contributed by atoms with E-state index in [0.717, 1.165) is 26.1 Å². The first-order valence-corrected chi connectivity index (χ1v) is 6.79. The average Bonchev–Trinajstić information content (AvgIpc) is 2.35. The molecule has 4 nitrogen and oxygen atoms in total. The van der Waals surface area contributed by atoms with Crippen molar-refractivity contribution in [2.45, 2.75) is 38.6 Å². The van der Waals surface area contributed by atoms with Crippen molar-refractivity contribution in [1.29, 1.82) is 0 Å². The molecule has 1 saturated heterocycles. The quantitative estimate of drug-likeness (QED) is 0.751. The van der Waals surface area contributed by atoms with Crippen LogP contribution in [0.1, 0.15) is 32.6 Å². The smallest absolute Gasteiger partial charge is 0.236 e. The lowest BCUT2D eigenvalue weighted by atomic mass is 10.0. The minimum atomic E-state index is 0.198. The van der Waals surface area contributed by atoms with Gasteiger partial charge in [0.2, 0.25) is 5.91 Å². The third-order valence-corrected chi connectivity index (χ3v) is 3.51. The molecule has 1 aliphatic rings. The van der Waals surface area contributed by atoms with Crippen LogP contribution in [0.3, 0.4) is 0 Å². The summed E-state index contributed by atoms with van der Waals surface area (Å²) in [5.74, 6) is 0.198. The van der Waals surface area contributed by atoms with Crippen LogP contribution in [0.4, 0.5) is 0 Å². The average molecular weight is 241 g/mol. The first kappa shape index (κ1) is 14.5. The molecule has 1 heterocycles. The van der Waals surface area contributed by atoms with Gasteiger partial charge in [-0.1, -0.05) is 13.3 Å². The Labute approximate surface area is 105 Å². The first-order chi connectivity index (χ1) is 8.13. The van der Waals surface area contributed by atoms with Crippen LogP contribution >= 0.6 is 0 Å². The molecule has 1 unspecified atom stereocenters. The van der Waals surface area contributed by atoms with Gasteiger partial charge in [0, 0.05) is 26.7 Å². The number of nitrogens with one attached hydrogen (secondary N) is 1.